The van der Waals surface area contributed by atoms with Crippen molar-refractivity contribution >= 4 is 23.3 Å². The van der Waals surface area contributed by atoms with Gasteiger partial charge in [0.25, 0.3) is 0 Å². The second-order valence-corrected chi connectivity index (χ2v) is 7.95. The van der Waals surface area contributed by atoms with Gasteiger partial charge < -0.3 is 20.4 Å². The van der Waals surface area contributed by atoms with Crippen LogP contribution in [-0.4, -0.2) is 43.5 Å². The van der Waals surface area contributed by atoms with Crippen molar-refractivity contribution in [2.45, 2.75) is 53.1 Å². The van der Waals surface area contributed by atoms with Gasteiger partial charge in [0.15, 0.2) is 0 Å². The average Bonchev–Trinajstić information content (AvgIpc) is 3.44. The van der Waals surface area contributed by atoms with Crippen LogP contribution in [0.5, 0.6) is 0 Å². The van der Waals surface area contributed by atoms with E-state index in [4.69, 9.17) is 0 Å². The molecule has 1 atom stereocenters. The van der Waals surface area contributed by atoms with Crippen molar-refractivity contribution in [3.05, 3.63) is 23.8 Å². The molecule has 1 saturated carbocycles. The van der Waals surface area contributed by atoms with Crippen LogP contribution in [-0.2, 0) is 11.3 Å². The van der Waals surface area contributed by atoms with E-state index in [2.05, 4.69) is 31.4 Å². The lowest BCUT2D eigenvalue weighted by molar-refractivity contribution is -0.117. The number of hydrogen-bond donors (Lipinski definition) is 2. The largest absolute Gasteiger partial charge is 0.377 e. The number of hydrogen-bond acceptors (Lipinski definition) is 3. The van der Waals surface area contributed by atoms with Crippen LogP contribution in [0.4, 0.5) is 16.2 Å². The lowest BCUT2D eigenvalue weighted by atomic mass is 10.0. The Balaban J connectivity index is 2.30. The molecule has 1 aromatic rings. The molecule has 0 radical (unpaired) electrons. The van der Waals surface area contributed by atoms with E-state index in [9.17, 15) is 9.59 Å². The van der Waals surface area contributed by atoms with Crippen LogP contribution >= 0.6 is 0 Å². The normalized spacial score (nSPS) is 14.6. The number of rotatable bonds is 8. The molecule has 1 aliphatic rings. The number of amides is 3. The average molecular weight is 375 g/mol. The van der Waals surface area contributed by atoms with E-state index in [1.165, 1.54) is 0 Å². The van der Waals surface area contributed by atoms with Crippen molar-refractivity contribution in [2.24, 2.45) is 11.8 Å². The molecule has 2 N–H and O–H groups in total. The molecule has 3 amide bonds. The molecular formula is C21H34N4O2. The molecule has 6 heteroatoms. The fraction of sp³-hybridized carbons (Fsp3) is 0.619. The Kier molecular flexibility index (Phi) is 7.11. The van der Waals surface area contributed by atoms with Crippen LogP contribution in [0.25, 0.3) is 0 Å². The van der Waals surface area contributed by atoms with Crippen LogP contribution in [0.2, 0.25) is 0 Å². The monoisotopic (exact) mass is 374 g/mol. The maximum atomic E-state index is 12.7. The van der Waals surface area contributed by atoms with Gasteiger partial charge in [-0.2, -0.15) is 0 Å². The lowest BCUT2D eigenvalue weighted by Crippen LogP contribution is -2.46. The lowest BCUT2D eigenvalue weighted by Gasteiger charge is -2.33. The first-order chi connectivity index (χ1) is 12.7. The first-order valence-corrected chi connectivity index (χ1v) is 9.90. The Morgan fingerprint density at radius 3 is 2.37 bits per heavy atom. The first-order valence-electron chi connectivity index (χ1n) is 9.90. The van der Waals surface area contributed by atoms with E-state index < -0.39 is 0 Å². The first kappa shape index (κ1) is 21.1. The van der Waals surface area contributed by atoms with Gasteiger partial charge in [-0.05, 0) is 56.4 Å². The number of urea groups is 1. The Labute approximate surface area is 163 Å². The minimum Gasteiger partial charge on any atom is -0.377 e. The quantitative estimate of drug-likeness (QED) is 0.730. The Bertz CT molecular complexity index is 668. The summed E-state index contributed by atoms with van der Waals surface area (Å²) in [6, 6.07) is 5.97. The highest BCUT2D eigenvalue weighted by molar-refractivity contribution is 5.94. The number of carbonyl (C=O) groups excluding carboxylic acids is 2. The summed E-state index contributed by atoms with van der Waals surface area (Å²) in [5, 5.41) is 5.94. The molecule has 1 aliphatic carbocycles. The van der Waals surface area contributed by atoms with E-state index in [-0.39, 0.29) is 23.9 Å². The summed E-state index contributed by atoms with van der Waals surface area (Å²) in [4.78, 5) is 28.7. The Morgan fingerprint density at radius 1 is 1.19 bits per heavy atom. The molecule has 27 heavy (non-hydrogen) atoms. The molecule has 0 spiro atoms. The minimum absolute atomic E-state index is 0.0594. The molecule has 1 unspecified atom stereocenters. The summed E-state index contributed by atoms with van der Waals surface area (Å²) in [6.07, 6.45) is 1.96. The summed E-state index contributed by atoms with van der Waals surface area (Å²) < 4.78 is 0. The highest BCUT2D eigenvalue weighted by Crippen LogP contribution is 2.31. The van der Waals surface area contributed by atoms with Gasteiger partial charge in [0, 0.05) is 50.5 Å². The third kappa shape index (κ3) is 5.62. The van der Waals surface area contributed by atoms with E-state index in [1.807, 2.05) is 49.0 Å². The zero-order chi connectivity index (χ0) is 20.1. The molecule has 0 heterocycles. The number of anilines is 2. The zero-order valence-corrected chi connectivity index (χ0v) is 17.5. The summed E-state index contributed by atoms with van der Waals surface area (Å²) in [7, 11) is 3.98. The van der Waals surface area contributed by atoms with Crippen molar-refractivity contribution in [1.29, 1.82) is 0 Å². The van der Waals surface area contributed by atoms with Gasteiger partial charge in [-0.1, -0.05) is 13.8 Å². The summed E-state index contributed by atoms with van der Waals surface area (Å²) in [6.45, 7) is 9.33. The van der Waals surface area contributed by atoms with Crippen molar-refractivity contribution in [3.63, 3.8) is 0 Å². The number of carbonyl (C=O) groups is 2. The fourth-order valence-electron chi connectivity index (χ4n) is 3.01. The third-order valence-corrected chi connectivity index (χ3v) is 5.16. The highest BCUT2D eigenvalue weighted by atomic mass is 16.2. The smallest absolute Gasteiger partial charge is 0.317 e. The zero-order valence-electron chi connectivity index (χ0n) is 17.5. The van der Waals surface area contributed by atoms with Gasteiger partial charge in [0.05, 0.1) is 0 Å². The van der Waals surface area contributed by atoms with Crippen LogP contribution in [0.15, 0.2) is 18.2 Å². The van der Waals surface area contributed by atoms with Gasteiger partial charge in [-0.25, -0.2) is 4.79 Å². The molecule has 0 aromatic heterocycles. The molecule has 0 aliphatic heterocycles. The minimum atomic E-state index is -0.0594. The number of nitrogens with zero attached hydrogens (tertiary/aromatic N) is 2. The fourth-order valence-corrected chi connectivity index (χ4v) is 3.01. The van der Waals surface area contributed by atoms with Gasteiger partial charge in [0.1, 0.15) is 0 Å². The van der Waals surface area contributed by atoms with Crippen LogP contribution in [0, 0.1) is 11.8 Å². The summed E-state index contributed by atoms with van der Waals surface area (Å²) >= 11 is 0. The van der Waals surface area contributed by atoms with Crippen molar-refractivity contribution in [1.82, 2.24) is 10.2 Å². The van der Waals surface area contributed by atoms with Crippen LogP contribution < -0.4 is 15.5 Å². The van der Waals surface area contributed by atoms with Crippen LogP contribution in [0.3, 0.4) is 0 Å². The van der Waals surface area contributed by atoms with Gasteiger partial charge >= 0.3 is 6.03 Å². The Hall–Kier alpha value is -2.24. The van der Waals surface area contributed by atoms with Crippen LogP contribution in [0.1, 0.15) is 46.1 Å². The van der Waals surface area contributed by atoms with Gasteiger partial charge in [-0.3, -0.25) is 4.79 Å². The van der Waals surface area contributed by atoms with Crippen molar-refractivity contribution in [3.8, 4) is 0 Å². The highest BCUT2D eigenvalue weighted by Gasteiger charge is 2.30. The van der Waals surface area contributed by atoms with E-state index in [0.717, 1.165) is 29.8 Å². The van der Waals surface area contributed by atoms with E-state index >= 15 is 0 Å². The molecule has 0 bridgehead atoms. The molecule has 1 fully saturated rings. The number of benzene rings is 1. The van der Waals surface area contributed by atoms with Gasteiger partial charge in [0.2, 0.25) is 5.91 Å². The standard InChI is InChI=1S/C21H34N4O2/c1-7-22-21(27)25(15(4)14(2)3)13-17-12-18(10-11-19(17)24(5)6)23-20(26)16-8-9-16/h10-12,14-16H,7-9,13H2,1-6H3,(H,22,27)(H,23,26). The molecular weight excluding hydrogens is 340 g/mol. The molecule has 1 aromatic carbocycles. The van der Waals surface area contributed by atoms with Crippen molar-refractivity contribution in [2.75, 3.05) is 30.9 Å². The topological polar surface area (TPSA) is 64.7 Å². The van der Waals surface area contributed by atoms with Crippen molar-refractivity contribution < 1.29 is 9.59 Å². The molecule has 6 nitrogen and oxygen atoms in total. The predicted octanol–water partition coefficient (Wildman–Crippen LogP) is 3.68. The summed E-state index contributed by atoms with van der Waals surface area (Å²) in [5.74, 6) is 0.595. The maximum absolute atomic E-state index is 12.7. The molecule has 0 saturated heterocycles. The second kappa shape index (κ2) is 9.11. The second-order valence-electron chi connectivity index (χ2n) is 7.95. The molecule has 2 rings (SSSR count). The van der Waals surface area contributed by atoms with E-state index in [1.54, 1.807) is 0 Å². The summed E-state index contributed by atoms with van der Waals surface area (Å²) in [5.41, 5.74) is 2.86. The SMILES string of the molecule is CCNC(=O)N(Cc1cc(NC(=O)C2CC2)ccc1N(C)C)C(C)C(C)C. The third-order valence-electron chi connectivity index (χ3n) is 5.16. The predicted molar refractivity (Wildman–Crippen MR) is 111 cm³/mol. The number of nitrogens with one attached hydrogen (secondary N) is 2. The van der Waals surface area contributed by atoms with Gasteiger partial charge in [-0.15, -0.1) is 0 Å². The molecule has 150 valence electrons. The maximum Gasteiger partial charge on any atom is 0.317 e. The van der Waals surface area contributed by atoms with E-state index in [0.29, 0.717) is 19.0 Å². The Morgan fingerprint density at radius 2 is 1.85 bits per heavy atom.